The van der Waals surface area contributed by atoms with Crippen LogP contribution in [-0.2, 0) is 25.6 Å². The first-order valence-corrected chi connectivity index (χ1v) is 13.8. The summed E-state index contributed by atoms with van der Waals surface area (Å²) in [5.41, 5.74) is 0.227. The zero-order valence-corrected chi connectivity index (χ0v) is 22.8. The number of carbonyl (C=O) groups excluding carboxylic acids is 2. The van der Waals surface area contributed by atoms with Crippen LogP contribution in [0, 0.1) is 11.8 Å². The maximum absolute atomic E-state index is 12.8. The van der Waals surface area contributed by atoms with E-state index in [-0.39, 0.29) is 11.9 Å². The molecule has 3 rings (SSSR count). The number of esters is 2. The molecule has 0 atom stereocenters. The summed E-state index contributed by atoms with van der Waals surface area (Å²) in [6.45, 7) is 13.8. The van der Waals surface area contributed by atoms with E-state index in [2.05, 4.69) is 27.7 Å². The summed E-state index contributed by atoms with van der Waals surface area (Å²) >= 11 is 0. The molecule has 0 bridgehead atoms. The molecule has 2 heterocycles. The first-order valence-electron chi connectivity index (χ1n) is 13.8. The zero-order valence-electron chi connectivity index (χ0n) is 22.8. The van der Waals surface area contributed by atoms with Crippen molar-refractivity contribution in [3.63, 3.8) is 0 Å². The molecule has 2 saturated heterocycles. The molecule has 1 aromatic rings. The standard InChI is InChI=1S/C29H47N3O4/c1-28(2,24-10-16-30-17-11-24)35-26(33)14-20-32(22-23-8-6-5-7-9-23)21-15-27(34)36-29(3,4)25-12-18-31-19-13-25/h5-9,24-25,30-31H,10-22H2,1-4H3. The van der Waals surface area contributed by atoms with Gasteiger partial charge in [0.1, 0.15) is 11.2 Å². The van der Waals surface area contributed by atoms with Crippen LogP contribution in [-0.4, -0.2) is 67.3 Å². The minimum absolute atomic E-state index is 0.175. The Morgan fingerprint density at radius 1 is 0.778 bits per heavy atom. The van der Waals surface area contributed by atoms with Crippen molar-refractivity contribution in [3.05, 3.63) is 35.9 Å². The lowest BCUT2D eigenvalue weighted by Gasteiger charge is -2.37. The number of hydrogen-bond donors (Lipinski definition) is 2. The largest absolute Gasteiger partial charge is 0.459 e. The molecule has 0 saturated carbocycles. The summed E-state index contributed by atoms with van der Waals surface area (Å²) in [5.74, 6) is 0.403. The first kappa shape index (κ1) is 28.6. The van der Waals surface area contributed by atoms with Crippen LogP contribution in [0.2, 0.25) is 0 Å². The van der Waals surface area contributed by atoms with Gasteiger partial charge in [-0.1, -0.05) is 30.3 Å². The third kappa shape index (κ3) is 9.16. The highest BCUT2D eigenvalue weighted by atomic mass is 16.6. The number of benzene rings is 1. The summed E-state index contributed by atoms with van der Waals surface area (Å²) < 4.78 is 11.9. The van der Waals surface area contributed by atoms with E-state index < -0.39 is 11.2 Å². The van der Waals surface area contributed by atoms with Crippen molar-refractivity contribution in [1.82, 2.24) is 15.5 Å². The minimum Gasteiger partial charge on any atom is -0.459 e. The van der Waals surface area contributed by atoms with Crippen molar-refractivity contribution < 1.29 is 19.1 Å². The lowest BCUT2D eigenvalue weighted by atomic mass is 9.83. The van der Waals surface area contributed by atoms with Crippen LogP contribution >= 0.6 is 0 Å². The predicted octanol–water partition coefficient (Wildman–Crippen LogP) is 3.91. The number of ether oxygens (including phenoxy) is 2. The average molecular weight is 502 g/mol. The number of hydrogen-bond acceptors (Lipinski definition) is 7. The number of nitrogens with zero attached hydrogens (tertiary/aromatic N) is 1. The number of nitrogens with one attached hydrogen (secondary N) is 2. The van der Waals surface area contributed by atoms with E-state index in [1.165, 1.54) is 0 Å². The quantitative estimate of drug-likeness (QED) is 0.420. The van der Waals surface area contributed by atoms with Gasteiger partial charge in [0.15, 0.2) is 0 Å². The van der Waals surface area contributed by atoms with E-state index in [0.717, 1.165) is 57.4 Å². The molecule has 7 nitrogen and oxygen atoms in total. The lowest BCUT2D eigenvalue weighted by molar-refractivity contribution is -0.163. The van der Waals surface area contributed by atoms with Gasteiger partial charge in [-0.3, -0.25) is 14.5 Å². The molecule has 2 aliphatic rings. The highest BCUT2D eigenvalue weighted by Gasteiger charge is 2.35. The Hall–Kier alpha value is -1.96. The summed E-state index contributed by atoms with van der Waals surface area (Å²) in [6.07, 6.45) is 4.70. The Morgan fingerprint density at radius 3 is 1.61 bits per heavy atom. The van der Waals surface area contributed by atoms with E-state index in [1.54, 1.807) is 0 Å². The Bertz CT molecular complexity index is 767. The van der Waals surface area contributed by atoms with Crippen LogP contribution < -0.4 is 10.6 Å². The van der Waals surface area contributed by atoms with Gasteiger partial charge in [0, 0.05) is 31.5 Å². The second-order valence-corrected chi connectivity index (χ2v) is 11.5. The summed E-state index contributed by atoms with van der Waals surface area (Å²) in [4.78, 5) is 27.8. The van der Waals surface area contributed by atoms with Gasteiger partial charge in [0.05, 0.1) is 12.8 Å². The Morgan fingerprint density at radius 2 is 1.19 bits per heavy atom. The minimum atomic E-state index is -0.465. The summed E-state index contributed by atoms with van der Waals surface area (Å²) in [6, 6.07) is 10.2. The maximum atomic E-state index is 12.8. The first-order chi connectivity index (χ1) is 17.2. The molecule has 1 aromatic carbocycles. The highest BCUT2D eigenvalue weighted by Crippen LogP contribution is 2.30. The third-order valence-electron chi connectivity index (χ3n) is 7.91. The maximum Gasteiger partial charge on any atom is 0.307 e. The fourth-order valence-electron chi connectivity index (χ4n) is 5.50. The summed E-state index contributed by atoms with van der Waals surface area (Å²) in [7, 11) is 0. The van der Waals surface area contributed by atoms with Gasteiger partial charge in [-0.05, 0) is 85.1 Å². The van der Waals surface area contributed by atoms with E-state index >= 15 is 0 Å². The van der Waals surface area contributed by atoms with Crippen molar-refractivity contribution in [2.45, 2.75) is 84.0 Å². The van der Waals surface area contributed by atoms with Gasteiger partial charge in [-0.15, -0.1) is 0 Å². The van der Waals surface area contributed by atoms with Crippen LogP contribution in [0.5, 0.6) is 0 Å². The van der Waals surface area contributed by atoms with Gasteiger partial charge < -0.3 is 20.1 Å². The molecular formula is C29H47N3O4. The molecule has 7 heteroatoms. The van der Waals surface area contributed by atoms with Crippen molar-refractivity contribution in [2.75, 3.05) is 39.3 Å². The normalized spacial score (nSPS) is 18.2. The highest BCUT2D eigenvalue weighted by molar-refractivity contribution is 5.71. The Labute approximate surface area is 217 Å². The smallest absolute Gasteiger partial charge is 0.307 e. The molecule has 0 aliphatic carbocycles. The predicted molar refractivity (Wildman–Crippen MR) is 142 cm³/mol. The molecule has 36 heavy (non-hydrogen) atoms. The van der Waals surface area contributed by atoms with Crippen molar-refractivity contribution in [2.24, 2.45) is 11.8 Å². The molecule has 0 spiro atoms. The SMILES string of the molecule is CC(C)(OC(=O)CCN(CCC(=O)OC(C)(C)C1CCNCC1)Cc1ccccc1)C1CCNCC1. The van der Waals surface area contributed by atoms with Crippen molar-refractivity contribution in [1.29, 1.82) is 0 Å². The van der Waals surface area contributed by atoms with Gasteiger partial charge in [-0.2, -0.15) is 0 Å². The van der Waals surface area contributed by atoms with Gasteiger partial charge >= 0.3 is 11.9 Å². The topological polar surface area (TPSA) is 79.9 Å². The molecule has 0 aromatic heterocycles. The number of rotatable bonds is 12. The number of carbonyl (C=O) groups is 2. The second-order valence-electron chi connectivity index (χ2n) is 11.5. The summed E-state index contributed by atoms with van der Waals surface area (Å²) in [5, 5.41) is 6.74. The lowest BCUT2D eigenvalue weighted by Crippen LogP contribution is -2.43. The monoisotopic (exact) mass is 501 g/mol. The van der Waals surface area contributed by atoms with Gasteiger partial charge in [0.2, 0.25) is 0 Å². The van der Waals surface area contributed by atoms with Crippen molar-refractivity contribution in [3.8, 4) is 0 Å². The average Bonchev–Trinajstić information content (AvgIpc) is 2.87. The van der Waals surface area contributed by atoms with Crippen LogP contribution in [0.3, 0.4) is 0 Å². The second kappa shape index (κ2) is 13.5. The van der Waals surface area contributed by atoms with Gasteiger partial charge in [-0.25, -0.2) is 0 Å². The van der Waals surface area contributed by atoms with Gasteiger partial charge in [0.25, 0.3) is 0 Å². The molecule has 0 unspecified atom stereocenters. The van der Waals surface area contributed by atoms with Crippen LogP contribution in [0.4, 0.5) is 0 Å². The Balaban J connectivity index is 1.52. The Kier molecular flexibility index (Phi) is 10.8. The fourth-order valence-corrected chi connectivity index (χ4v) is 5.50. The zero-order chi connectivity index (χ0) is 26.0. The third-order valence-corrected chi connectivity index (χ3v) is 7.91. The van der Waals surface area contributed by atoms with Crippen LogP contribution in [0.15, 0.2) is 30.3 Å². The van der Waals surface area contributed by atoms with E-state index in [1.807, 2.05) is 45.9 Å². The van der Waals surface area contributed by atoms with Crippen LogP contribution in [0.1, 0.15) is 71.8 Å². The van der Waals surface area contributed by atoms with E-state index in [9.17, 15) is 9.59 Å². The molecule has 2 N–H and O–H groups in total. The molecule has 0 amide bonds. The number of piperidine rings is 2. The molecule has 2 fully saturated rings. The molecule has 202 valence electrons. The van der Waals surface area contributed by atoms with E-state index in [0.29, 0.717) is 44.3 Å². The van der Waals surface area contributed by atoms with Crippen molar-refractivity contribution >= 4 is 11.9 Å². The molecular weight excluding hydrogens is 454 g/mol. The van der Waals surface area contributed by atoms with E-state index in [4.69, 9.17) is 9.47 Å². The van der Waals surface area contributed by atoms with Crippen LogP contribution in [0.25, 0.3) is 0 Å². The molecule has 2 aliphatic heterocycles. The molecule has 0 radical (unpaired) electrons. The fraction of sp³-hybridized carbons (Fsp3) is 0.724.